The minimum absolute atomic E-state index is 0.0281. The van der Waals surface area contributed by atoms with Crippen molar-refractivity contribution < 1.29 is 4.79 Å². The van der Waals surface area contributed by atoms with Crippen LogP contribution in [0.4, 0.5) is 0 Å². The van der Waals surface area contributed by atoms with Crippen molar-refractivity contribution in [3.05, 3.63) is 34.9 Å². The Hall–Kier alpha value is -1.06. The van der Waals surface area contributed by atoms with Crippen molar-refractivity contribution in [2.24, 2.45) is 0 Å². The fraction of sp³-hybridized carbons (Fsp3) is 0.462. The zero-order chi connectivity index (χ0) is 12.1. The second-order valence-electron chi connectivity index (χ2n) is 4.34. The van der Waals surface area contributed by atoms with Gasteiger partial charge in [0, 0.05) is 23.2 Å². The third-order valence-corrected chi connectivity index (χ3v) is 3.30. The molecular weight excluding hydrogens is 236 g/mol. The Morgan fingerprint density at radius 3 is 2.82 bits per heavy atom. The maximum Gasteiger partial charge on any atom is 0.251 e. The highest BCUT2D eigenvalue weighted by atomic mass is 35.5. The first-order chi connectivity index (χ1) is 8.25. The van der Waals surface area contributed by atoms with Crippen molar-refractivity contribution in [1.82, 2.24) is 10.6 Å². The molecule has 1 aliphatic rings. The van der Waals surface area contributed by atoms with Gasteiger partial charge in [0.1, 0.15) is 0 Å². The quantitative estimate of drug-likeness (QED) is 0.863. The molecule has 2 N–H and O–H groups in total. The Morgan fingerprint density at radius 2 is 2.18 bits per heavy atom. The average molecular weight is 253 g/mol. The molecule has 0 radical (unpaired) electrons. The number of halogens is 1. The van der Waals surface area contributed by atoms with Crippen LogP contribution < -0.4 is 10.6 Å². The van der Waals surface area contributed by atoms with Crippen LogP contribution in [-0.2, 0) is 0 Å². The number of amides is 1. The molecule has 1 aliphatic heterocycles. The minimum atomic E-state index is -0.0281. The van der Waals surface area contributed by atoms with Crippen LogP contribution >= 0.6 is 11.6 Å². The van der Waals surface area contributed by atoms with Crippen LogP contribution in [-0.4, -0.2) is 25.0 Å². The van der Waals surface area contributed by atoms with E-state index in [1.165, 1.54) is 12.8 Å². The molecule has 1 aromatic rings. The van der Waals surface area contributed by atoms with Gasteiger partial charge >= 0.3 is 0 Å². The SMILES string of the molecule is O=C(NCCC1CCCN1)c1ccc(Cl)cc1. The molecule has 1 fully saturated rings. The lowest BCUT2D eigenvalue weighted by molar-refractivity contribution is 0.0952. The number of hydrogen-bond donors (Lipinski definition) is 2. The summed E-state index contributed by atoms with van der Waals surface area (Å²) >= 11 is 5.77. The van der Waals surface area contributed by atoms with Gasteiger partial charge < -0.3 is 10.6 Å². The van der Waals surface area contributed by atoms with E-state index in [4.69, 9.17) is 11.6 Å². The Balaban J connectivity index is 1.75. The minimum Gasteiger partial charge on any atom is -0.352 e. The number of hydrogen-bond acceptors (Lipinski definition) is 2. The highest BCUT2D eigenvalue weighted by Crippen LogP contribution is 2.10. The number of benzene rings is 1. The summed E-state index contributed by atoms with van der Waals surface area (Å²) in [6.07, 6.45) is 3.46. The summed E-state index contributed by atoms with van der Waals surface area (Å²) < 4.78 is 0. The van der Waals surface area contributed by atoms with Crippen molar-refractivity contribution in [2.45, 2.75) is 25.3 Å². The average Bonchev–Trinajstić information content (AvgIpc) is 2.83. The maximum atomic E-state index is 11.8. The highest BCUT2D eigenvalue weighted by Gasteiger charge is 2.13. The van der Waals surface area contributed by atoms with E-state index in [2.05, 4.69) is 10.6 Å². The fourth-order valence-electron chi connectivity index (χ4n) is 2.07. The number of rotatable bonds is 4. The van der Waals surface area contributed by atoms with E-state index in [0.29, 0.717) is 16.6 Å². The van der Waals surface area contributed by atoms with Crippen LogP contribution in [0, 0.1) is 0 Å². The van der Waals surface area contributed by atoms with E-state index in [0.717, 1.165) is 19.5 Å². The molecule has 1 aromatic carbocycles. The van der Waals surface area contributed by atoms with Gasteiger partial charge in [0.2, 0.25) is 0 Å². The molecule has 2 rings (SSSR count). The summed E-state index contributed by atoms with van der Waals surface area (Å²) in [4.78, 5) is 11.8. The lowest BCUT2D eigenvalue weighted by Gasteiger charge is -2.10. The van der Waals surface area contributed by atoms with Crippen molar-refractivity contribution in [3.63, 3.8) is 0 Å². The molecule has 92 valence electrons. The Bertz CT molecular complexity index is 372. The summed E-state index contributed by atoms with van der Waals surface area (Å²) in [7, 11) is 0. The highest BCUT2D eigenvalue weighted by molar-refractivity contribution is 6.30. The molecule has 0 saturated carbocycles. The van der Waals surface area contributed by atoms with E-state index in [9.17, 15) is 4.79 Å². The van der Waals surface area contributed by atoms with Crippen LogP contribution in [0.25, 0.3) is 0 Å². The van der Waals surface area contributed by atoms with Crippen molar-refractivity contribution in [1.29, 1.82) is 0 Å². The van der Waals surface area contributed by atoms with Gasteiger partial charge in [-0.05, 0) is 50.1 Å². The fourth-order valence-corrected chi connectivity index (χ4v) is 2.19. The summed E-state index contributed by atoms with van der Waals surface area (Å²) in [6, 6.07) is 7.52. The van der Waals surface area contributed by atoms with Gasteiger partial charge in [0.25, 0.3) is 5.91 Å². The van der Waals surface area contributed by atoms with E-state index in [1.54, 1.807) is 24.3 Å². The molecule has 0 aliphatic carbocycles. The third-order valence-electron chi connectivity index (χ3n) is 3.05. The molecule has 1 saturated heterocycles. The van der Waals surface area contributed by atoms with Crippen LogP contribution in [0.1, 0.15) is 29.6 Å². The number of nitrogens with one attached hydrogen (secondary N) is 2. The molecule has 1 unspecified atom stereocenters. The topological polar surface area (TPSA) is 41.1 Å². The molecule has 3 nitrogen and oxygen atoms in total. The molecule has 0 bridgehead atoms. The van der Waals surface area contributed by atoms with Crippen LogP contribution in [0.3, 0.4) is 0 Å². The van der Waals surface area contributed by atoms with E-state index >= 15 is 0 Å². The molecular formula is C13H17ClN2O. The summed E-state index contributed by atoms with van der Waals surface area (Å²) in [5.74, 6) is -0.0281. The monoisotopic (exact) mass is 252 g/mol. The predicted octanol–water partition coefficient (Wildman–Crippen LogP) is 2.21. The lowest BCUT2D eigenvalue weighted by Crippen LogP contribution is -2.30. The third kappa shape index (κ3) is 3.72. The van der Waals surface area contributed by atoms with Gasteiger partial charge in [0.05, 0.1) is 0 Å². The lowest BCUT2D eigenvalue weighted by atomic mass is 10.1. The smallest absolute Gasteiger partial charge is 0.251 e. The summed E-state index contributed by atoms with van der Waals surface area (Å²) in [5.41, 5.74) is 0.661. The van der Waals surface area contributed by atoms with Gasteiger partial charge in [-0.25, -0.2) is 0 Å². The Kier molecular flexibility index (Phi) is 4.40. The van der Waals surface area contributed by atoms with Gasteiger partial charge in [-0.15, -0.1) is 0 Å². The van der Waals surface area contributed by atoms with Crippen LogP contribution in [0.5, 0.6) is 0 Å². The largest absolute Gasteiger partial charge is 0.352 e. The molecule has 1 atom stereocenters. The van der Waals surface area contributed by atoms with Crippen molar-refractivity contribution >= 4 is 17.5 Å². The molecule has 1 heterocycles. The van der Waals surface area contributed by atoms with E-state index in [1.807, 2.05) is 0 Å². The molecule has 0 spiro atoms. The first kappa shape index (κ1) is 12.4. The van der Waals surface area contributed by atoms with Gasteiger partial charge in [-0.3, -0.25) is 4.79 Å². The first-order valence-electron chi connectivity index (χ1n) is 6.03. The maximum absolute atomic E-state index is 11.8. The Morgan fingerprint density at radius 1 is 1.41 bits per heavy atom. The number of carbonyl (C=O) groups excluding carboxylic acids is 1. The molecule has 1 amide bonds. The van der Waals surface area contributed by atoms with Gasteiger partial charge in [-0.1, -0.05) is 11.6 Å². The van der Waals surface area contributed by atoms with Crippen molar-refractivity contribution in [3.8, 4) is 0 Å². The summed E-state index contributed by atoms with van der Waals surface area (Å²) in [6.45, 7) is 1.83. The van der Waals surface area contributed by atoms with Gasteiger partial charge in [0.15, 0.2) is 0 Å². The van der Waals surface area contributed by atoms with E-state index < -0.39 is 0 Å². The first-order valence-corrected chi connectivity index (χ1v) is 6.40. The number of carbonyl (C=O) groups is 1. The molecule has 17 heavy (non-hydrogen) atoms. The Labute approximate surface area is 107 Å². The second-order valence-corrected chi connectivity index (χ2v) is 4.78. The zero-order valence-corrected chi connectivity index (χ0v) is 10.5. The van der Waals surface area contributed by atoms with Crippen molar-refractivity contribution in [2.75, 3.05) is 13.1 Å². The predicted molar refractivity (Wildman–Crippen MR) is 69.4 cm³/mol. The normalized spacial score (nSPS) is 19.2. The van der Waals surface area contributed by atoms with E-state index in [-0.39, 0.29) is 5.91 Å². The van der Waals surface area contributed by atoms with Crippen LogP contribution in [0.2, 0.25) is 5.02 Å². The summed E-state index contributed by atoms with van der Waals surface area (Å²) in [5, 5.41) is 6.98. The van der Waals surface area contributed by atoms with Gasteiger partial charge in [-0.2, -0.15) is 0 Å². The van der Waals surface area contributed by atoms with Crippen LogP contribution in [0.15, 0.2) is 24.3 Å². The zero-order valence-electron chi connectivity index (χ0n) is 9.71. The molecule has 4 heteroatoms. The second kappa shape index (κ2) is 6.03. The molecule has 0 aromatic heterocycles. The standard InChI is InChI=1S/C13H17ClN2O/c14-11-5-3-10(4-6-11)13(17)16-9-7-12-2-1-8-15-12/h3-6,12,15H,1-2,7-9H2,(H,16,17).